The van der Waals surface area contributed by atoms with Crippen molar-refractivity contribution in [2.45, 2.75) is 6.10 Å². The molecule has 0 N–H and O–H groups in total. The molecule has 1 fully saturated rings. The third kappa shape index (κ3) is 4.14. The fourth-order valence-electron chi connectivity index (χ4n) is 2.67. The fraction of sp³-hybridized carbons (Fsp3) is 0.263. The number of benzene rings is 2. The van der Waals surface area contributed by atoms with Gasteiger partial charge in [0.15, 0.2) is 6.61 Å². The summed E-state index contributed by atoms with van der Waals surface area (Å²) in [6.07, 6.45) is -0.287. The van der Waals surface area contributed by atoms with Crippen molar-refractivity contribution in [3.63, 3.8) is 0 Å². The maximum atomic E-state index is 13.0. The maximum absolute atomic E-state index is 13.0. The van der Waals surface area contributed by atoms with Crippen molar-refractivity contribution in [3.05, 3.63) is 65.5 Å². The lowest BCUT2D eigenvalue weighted by Crippen LogP contribution is -2.44. The van der Waals surface area contributed by atoms with Crippen molar-refractivity contribution in [2.24, 2.45) is 0 Å². The van der Waals surface area contributed by atoms with E-state index in [4.69, 9.17) is 14.7 Å². The number of nitriles is 1. The van der Waals surface area contributed by atoms with Crippen LogP contribution in [-0.4, -0.2) is 37.1 Å². The Balaban J connectivity index is 1.60. The van der Waals surface area contributed by atoms with E-state index < -0.39 is 0 Å². The first kappa shape index (κ1) is 16.9. The van der Waals surface area contributed by atoms with Gasteiger partial charge in [0.05, 0.1) is 18.7 Å². The second-order valence-corrected chi connectivity index (χ2v) is 5.65. The molecule has 0 aromatic heterocycles. The van der Waals surface area contributed by atoms with Crippen LogP contribution in [0.1, 0.15) is 17.2 Å². The predicted molar refractivity (Wildman–Crippen MR) is 88.3 cm³/mol. The number of halogens is 1. The van der Waals surface area contributed by atoms with Gasteiger partial charge >= 0.3 is 0 Å². The van der Waals surface area contributed by atoms with Gasteiger partial charge in [0.2, 0.25) is 0 Å². The highest BCUT2D eigenvalue weighted by Crippen LogP contribution is 2.23. The Morgan fingerprint density at radius 1 is 1.28 bits per heavy atom. The molecule has 1 aliphatic rings. The molecule has 5 nitrogen and oxygen atoms in total. The molecule has 1 aliphatic heterocycles. The number of amides is 1. The molecular formula is C19H17FN2O3. The maximum Gasteiger partial charge on any atom is 0.260 e. The molecule has 1 atom stereocenters. The number of nitrogens with zero attached hydrogens (tertiary/aromatic N) is 2. The summed E-state index contributed by atoms with van der Waals surface area (Å²) in [5.74, 6) is -0.0955. The largest absolute Gasteiger partial charge is 0.482 e. The van der Waals surface area contributed by atoms with Gasteiger partial charge in [0.25, 0.3) is 5.91 Å². The van der Waals surface area contributed by atoms with Gasteiger partial charge in [0.1, 0.15) is 23.7 Å². The number of ether oxygens (including phenoxy) is 2. The zero-order valence-electron chi connectivity index (χ0n) is 13.5. The van der Waals surface area contributed by atoms with Gasteiger partial charge in [-0.1, -0.05) is 24.3 Å². The molecule has 25 heavy (non-hydrogen) atoms. The third-order valence-corrected chi connectivity index (χ3v) is 4.02. The van der Waals surface area contributed by atoms with E-state index in [-0.39, 0.29) is 24.4 Å². The summed E-state index contributed by atoms with van der Waals surface area (Å²) in [7, 11) is 0. The first-order valence-corrected chi connectivity index (χ1v) is 7.94. The first-order chi connectivity index (χ1) is 12.2. The number of hydrogen-bond acceptors (Lipinski definition) is 4. The van der Waals surface area contributed by atoms with E-state index in [0.29, 0.717) is 31.0 Å². The van der Waals surface area contributed by atoms with Crippen molar-refractivity contribution < 1.29 is 18.7 Å². The SMILES string of the molecule is N#Cc1ccccc1OCC(=O)N1CCOC(c2ccc(F)cc2)C1. The number of carbonyl (C=O) groups is 1. The molecule has 2 aromatic rings. The summed E-state index contributed by atoms with van der Waals surface area (Å²) in [4.78, 5) is 14.1. The van der Waals surface area contributed by atoms with E-state index in [1.54, 1.807) is 41.3 Å². The Hall–Kier alpha value is -2.91. The van der Waals surface area contributed by atoms with Crippen LogP contribution in [0, 0.1) is 17.1 Å². The number of para-hydroxylation sites is 1. The molecule has 3 rings (SSSR count). The van der Waals surface area contributed by atoms with Gasteiger partial charge < -0.3 is 14.4 Å². The molecule has 1 saturated heterocycles. The number of hydrogen-bond donors (Lipinski definition) is 0. The third-order valence-electron chi connectivity index (χ3n) is 4.02. The quantitative estimate of drug-likeness (QED) is 0.858. The van der Waals surface area contributed by atoms with Gasteiger partial charge in [-0.05, 0) is 29.8 Å². The van der Waals surface area contributed by atoms with Gasteiger partial charge in [0, 0.05) is 6.54 Å². The van der Waals surface area contributed by atoms with Crippen LogP contribution < -0.4 is 4.74 Å². The average Bonchev–Trinajstić information content (AvgIpc) is 2.67. The minimum Gasteiger partial charge on any atom is -0.482 e. The Bertz CT molecular complexity index is 786. The second-order valence-electron chi connectivity index (χ2n) is 5.65. The molecule has 6 heteroatoms. The lowest BCUT2D eigenvalue weighted by atomic mass is 10.1. The minimum absolute atomic E-state index is 0.144. The predicted octanol–water partition coefficient (Wildman–Crippen LogP) is 2.68. The van der Waals surface area contributed by atoms with Crippen molar-refractivity contribution in [3.8, 4) is 11.8 Å². The number of morpholine rings is 1. The summed E-state index contributed by atoms with van der Waals surface area (Å²) in [5, 5.41) is 9.04. The normalized spacial score (nSPS) is 17.0. The summed E-state index contributed by atoms with van der Waals surface area (Å²) in [6.45, 7) is 1.12. The molecule has 128 valence electrons. The molecule has 1 heterocycles. The van der Waals surface area contributed by atoms with Crippen molar-refractivity contribution >= 4 is 5.91 Å². The average molecular weight is 340 g/mol. The van der Waals surface area contributed by atoms with Crippen LogP contribution in [0.4, 0.5) is 4.39 Å². The summed E-state index contributed by atoms with van der Waals surface area (Å²) < 4.78 is 24.2. The van der Waals surface area contributed by atoms with Gasteiger partial charge in [-0.15, -0.1) is 0 Å². The topological polar surface area (TPSA) is 62.6 Å². The Morgan fingerprint density at radius 3 is 2.80 bits per heavy atom. The first-order valence-electron chi connectivity index (χ1n) is 7.94. The van der Waals surface area contributed by atoms with E-state index in [1.165, 1.54) is 12.1 Å². The number of rotatable bonds is 4. The van der Waals surface area contributed by atoms with Crippen LogP contribution in [0.5, 0.6) is 5.75 Å². The van der Waals surface area contributed by atoms with Crippen LogP contribution in [0.3, 0.4) is 0 Å². The monoisotopic (exact) mass is 340 g/mol. The molecule has 2 aromatic carbocycles. The molecule has 1 unspecified atom stereocenters. The molecule has 1 amide bonds. The summed E-state index contributed by atoms with van der Waals surface area (Å²) in [6, 6.07) is 14.9. The Labute approximate surface area is 145 Å². The van der Waals surface area contributed by atoms with E-state index in [2.05, 4.69) is 0 Å². The van der Waals surface area contributed by atoms with Crippen LogP contribution in [0.15, 0.2) is 48.5 Å². The molecule has 0 radical (unpaired) electrons. The lowest BCUT2D eigenvalue weighted by Gasteiger charge is -2.33. The fourth-order valence-corrected chi connectivity index (χ4v) is 2.67. The van der Waals surface area contributed by atoms with Crippen molar-refractivity contribution in [1.29, 1.82) is 5.26 Å². The van der Waals surface area contributed by atoms with Gasteiger partial charge in [-0.3, -0.25) is 4.79 Å². The highest BCUT2D eigenvalue weighted by atomic mass is 19.1. The molecule has 0 aliphatic carbocycles. The van der Waals surface area contributed by atoms with Crippen LogP contribution in [0.2, 0.25) is 0 Å². The van der Waals surface area contributed by atoms with Crippen LogP contribution in [-0.2, 0) is 9.53 Å². The van der Waals surface area contributed by atoms with E-state index in [1.807, 2.05) is 6.07 Å². The van der Waals surface area contributed by atoms with E-state index >= 15 is 0 Å². The minimum atomic E-state index is -0.308. The lowest BCUT2D eigenvalue weighted by molar-refractivity contribution is -0.141. The van der Waals surface area contributed by atoms with Crippen LogP contribution in [0.25, 0.3) is 0 Å². The van der Waals surface area contributed by atoms with Gasteiger partial charge in [-0.2, -0.15) is 5.26 Å². The zero-order chi connectivity index (χ0) is 17.6. The molecule has 0 bridgehead atoms. The second kappa shape index (κ2) is 7.77. The molecule has 0 spiro atoms. The zero-order valence-corrected chi connectivity index (χ0v) is 13.5. The molecule has 0 saturated carbocycles. The van der Waals surface area contributed by atoms with Crippen molar-refractivity contribution in [1.82, 2.24) is 4.90 Å². The smallest absolute Gasteiger partial charge is 0.260 e. The van der Waals surface area contributed by atoms with Crippen LogP contribution >= 0.6 is 0 Å². The number of carbonyl (C=O) groups excluding carboxylic acids is 1. The highest BCUT2D eigenvalue weighted by Gasteiger charge is 2.25. The standard InChI is InChI=1S/C19H17FN2O3/c20-16-7-5-14(6-8-16)18-12-22(9-10-24-18)19(23)13-25-17-4-2-1-3-15(17)11-21/h1-8,18H,9-10,12-13H2. The van der Waals surface area contributed by atoms with Gasteiger partial charge in [-0.25, -0.2) is 4.39 Å². The molecular weight excluding hydrogens is 323 g/mol. The Kier molecular flexibility index (Phi) is 5.26. The van der Waals surface area contributed by atoms with Crippen molar-refractivity contribution in [2.75, 3.05) is 26.3 Å². The highest BCUT2D eigenvalue weighted by molar-refractivity contribution is 5.78. The summed E-state index contributed by atoms with van der Waals surface area (Å²) >= 11 is 0. The Morgan fingerprint density at radius 2 is 2.04 bits per heavy atom. The van der Waals surface area contributed by atoms with E-state index in [9.17, 15) is 9.18 Å². The van der Waals surface area contributed by atoms with E-state index in [0.717, 1.165) is 5.56 Å². The summed E-state index contributed by atoms with van der Waals surface area (Å²) in [5.41, 5.74) is 1.22.